The number of para-hydroxylation sites is 1. The van der Waals surface area contributed by atoms with Gasteiger partial charge in [-0.2, -0.15) is 0 Å². The molecule has 3 heterocycles. The van der Waals surface area contributed by atoms with Gasteiger partial charge in [-0.3, -0.25) is 28.8 Å². The minimum Gasteiger partial charge on any atom is -0.424 e. The number of hydrogen-bond donors (Lipinski definition) is 1. The van der Waals surface area contributed by atoms with E-state index in [9.17, 15) is 28.8 Å². The van der Waals surface area contributed by atoms with Crippen LogP contribution < -0.4 is 14.8 Å². The van der Waals surface area contributed by atoms with Crippen molar-refractivity contribution in [3.63, 3.8) is 0 Å². The molecule has 4 aromatic rings. The molecule has 15 heteroatoms. The maximum absolute atomic E-state index is 14.7. The van der Waals surface area contributed by atoms with Crippen LogP contribution in [0.2, 0.25) is 0 Å². The number of benzene rings is 4. The summed E-state index contributed by atoms with van der Waals surface area (Å²) < 4.78 is 13.6. The summed E-state index contributed by atoms with van der Waals surface area (Å²) in [5.74, 6) is -3.54. The summed E-state index contributed by atoms with van der Waals surface area (Å²) in [5.41, 5.74) is 2.01. The van der Waals surface area contributed by atoms with Crippen LogP contribution in [-0.4, -0.2) is 45.5 Å². The largest absolute Gasteiger partial charge is 0.424 e. The molecule has 3 amide bonds. The predicted molar refractivity (Wildman–Crippen MR) is 262 cm³/mol. The Morgan fingerprint density at radius 2 is 1.00 bits per heavy atom. The zero-order chi connectivity index (χ0) is 46.9. The molecule has 3 aliphatic heterocycles. The number of unbranched alkanes of at least 4 members (excludes halogenated alkanes) is 2. The average molecular weight is 964 g/mol. The van der Waals surface area contributed by atoms with Gasteiger partial charge in [-0.05, 0) is 55.9 Å². The summed E-state index contributed by atoms with van der Waals surface area (Å²) >= 11 is 4.42. The van der Waals surface area contributed by atoms with Crippen LogP contribution in [0.5, 0.6) is 11.5 Å². The molecule has 1 saturated heterocycles. The van der Waals surface area contributed by atoms with Gasteiger partial charge in [0, 0.05) is 5.69 Å². The van der Waals surface area contributed by atoms with Crippen molar-refractivity contribution in [1.29, 1.82) is 0 Å². The lowest BCUT2D eigenvalue weighted by atomic mass is 10.00. The third-order valence-electron chi connectivity index (χ3n) is 11.4. The smallest absolute Gasteiger partial charge is 0.314 e. The van der Waals surface area contributed by atoms with Crippen LogP contribution in [0, 0.1) is 11.8 Å². The van der Waals surface area contributed by atoms with E-state index in [0.29, 0.717) is 59.4 Å². The quantitative estimate of drug-likeness (QED) is 0.0314. The van der Waals surface area contributed by atoms with E-state index in [-0.39, 0.29) is 35.7 Å². The van der Waals surface area contributed by atoms with Gasteiger partial charge in [0.25, 0.3) is 17.7 Å². The van der Waals surface area contributed by atoms with Gasteiger partial charge in [-0.1, -0.05) is 179 Å². The van der Waals surface area contributed by atoms with Gasteiger partial charge in [0.2, 0.25) is 0 Å². The molecule has 0 saturated carbocycles. The monoisotopic (exact) mass is 963 g/mol. The number of ether oxygens (including phenoxy) is 2. The topological polar surface area (TPSA) is 139 Å². The van der Waals surface area contributed by atoms with Gasteiger partial charge in [-0.15, -0.1) is 0 Å². The predicted octanol–water partition coefficient (Wildman–Crippen LogP) is 12.0. The number of nitrogens with one attached hydrogen (secondary N) is 1. The number of amides is 3. The number of carbonyl (C=O) groups excluding carboxylic acids is 6. The molecule has 3 aliphatic rings. The zero-order valence-electron chi connectivity index (χ0n) is 37.7. The Bertz CT molecular complexity index is 2430. The molecule has 1 N–H and O–H groups in total. The number of Topliss-reactive ketones (excluding diaryl/α,β-unsaturated/α-hetero) is 1. The highest BCUT2D eigenvalue weighted by Gasteiger charge is 2.47. The van der Waals surface area contributed by atoms with E-state index in [1.165, 1.54) is 16.9 Å². The Morgan fingerprint density at radius 3 is 1.39 bits per heavy atom. The Morgan fingerprint density at radius 1 is 0.591 bits per heavy atom. The van der Waals surface area contributed by atoms with Crippen molar-refractivity contribution >= 4 is 88.2 Å². The molecule has 66 heavy (non-hydrogen) atoms. The molecule has 11 nitrogen and oxygen atoms in total. The van der Waals surface area contributed by atoms with Crippen molar-refractivity contribution in [2.75, 3.05) is 5.32 Å². The second-order valence-electron chi connectivity index (χ2n) is 16.1. The normalized spacial score (nSPS) is 15.1. The number of rotatable bonds is 19. The lowest BCUT2D eigenvalue weighted by Crippen LogP contribution is -2.39. The van der Waals surface area contributed by atoms with Gasteiger partial charge in [0.1, 0.15) is 11.1 Å². The molecule has 2 atom stereocenters. The number of nitrogens with zero attached hydrogens (tertiary/aromatic N) is 2. The van der Waals surface area contributed by atoms with Crippen LogP contribution in [0.25, 0.3) is 0 Å². The van der Waals surface area contributed by atoms with Crippen molar-refractivity contribution in [2.45, 2.75) is 119 Å². The fraction of sp³-hybridized carbons (Fsp3) is 0.333. The van der Waals surface area contributed by atoms with Crippen LogP contribution >= 0.6 is 47.0 Å². The molecular weight excluding hydrogens is 911 g/mol. The number of thioether (sulfide) groups is 4. The maximum atomic E-state index is 14.7. The third kappa shape index (κ3) is 10.8. The first kappa shape index (κ1) is 48.7. The standard InChI is InChI=1S/C51H53N3O8S4/c1-6-10-25-34(8-3)48(59)61-39-41-42(64-50(63-41)37(31(5)55)45(56)52-36-27-19-14-20-28-36)40(62-49(60)35(9-4)26-11-7-2)44-43(39)65-51(66-44)38-46(57)53(29-32-21-15-12-16-22-32)54(47(38)58)30-33-23-17-13-18-24-33/h12-24,27-28,34-35H,6-11,25-26,29-30H2,1-5H3,(H,52,56). The second-order valence-corrected chi connectivity index (χ2v) is 20.7. The van der Waals surface area contributed by atoms with E-state index in [1.54, 1.807) is 24.3 Å². The molecule has 0 aromatic heterocycles. The maximum Gasteiger partial charge on any atom is 0.314 e. The minimum atomic E-state index is -0.619. The highest BCUT2D eigenvalue weighted by atomic mass is 32.2. The zero-order valence-corrected chi connectivity index (χ0v) is 40.9. The molecule has 2 unspecified atom stereocenters. The van der Waals surface area contributed by atoms with Crippen LogP contribution in [-0.2, 0) is 41.9 Å². The summed E-state index contributed by atoms with van der Waals surface area (Å²) in [5, 5.41) is 5.76. The Kier molecular flexibility index (Phi) is 16.6. The molecule has 0 radical (unpaired) electrons. The number of esters is 2. The first-order chi connectivity index (χ1) is 32.0. The summed E-state index contributed by atoms with van der Waals surface area (Å²) in [4.78, 5) is 86.9. The minimum absolute atomic E-state index is 0.0520. The van der Waals surface area contributed by atoms with Gasteiger partial charge in [0.05, 0.1) is 53.0 Å². The Labute approximate surface area is 403 Å². The first-order valence-electron chi connectivity index (χ1n) is 22.4. The summed E-state index contributed by atoms with van der Waals surface area (Å²) in [7, 11) is 0. The van der Waals surface area contributed by atoms with Crippen molar-refractivity contribution in [2.24, 2.45) is 11.8 Å². The number of hydrazine groups is 1. The number of fused-ring (bicyclic) bond motifs is 2. The lowest BCUT2D eigenvalue weighted by Gasteiger charge is -2.27. The van der Waals surface area contributed by atoms with E-state index in [4.69, 9.17) is 9.47 Å². The Balaban J connectivity index is 1.39. The van der Waals surface area contributed by atoms with E-state index >= 15 is 0 Å². The van der Waals surface area contributed by atoms with Crippen LogP contribution in [0.3, 0.4) is 0 Å². The molecule has 4 aromatic carbocycles. The summed E-state index contributed by atoms with van der Waals surface area (Å²) in [6, 6.07) is 27.7. The van der Waals surface area contributed by atoms with E-state index in [1.807, 2.05) is 80.6 Å². The lowest BCUT2D eigenvalue weighted by molar-refractivity contribution is -0.149. The van der Waals surface area contributed by atoms with Crippen molar-refractivity contribution < 1.29 is 38.2 Å². The molecular formula is C51H53N3O8S4. The first-order valence-corrected chi connectivity index (χ1v) is 25.7. The van der Waals surface area contributed by atoms with Crippen LogP contribution in [0.1, 0.15) is 97.1 Å². The van der Waals surface area contributed by atoms with Crippen LogP contribution in [0.4, 0.5) is 5.69 Å². The third-order valence-corrected chi connectivity index (χ3v) is 16.6. The molecule has 0 bridgehead atoms. The number of anilines is 1. The molecule has 1 fully saturated rings. The molecule has 0 spiro atoms. The van der Waals surface area contributed by atoms with Crippen molar-refractivity contribution in [3.05, 3.63) is 122 Å². The highest BCUT2D eigenvalue weighted by Crippen LogP contribution is 2.69. The fourth-order valence-electron chi connectivity index (χ4n) is 7.72. The van der Waals surface area contributed by atoms with Gasteiger partial charge >= 0.3 is 11.9 Å². The summed E-state index contributed by atoms with van der Waals surface area (Å²) in [6.07, 6.45) is 5.69. The molecule has 7 rings (SSSR count). The Hall–Kier alpha value is -5.22. The molecule has 344 valence electrons. The van der Waals surface area contributed by atoms with E-state index in [0.717, 1.165) is 83.9 Å². The van der Waals surface area contributed by atoms with E-state index < -0.39 is 47.3 Å². The highest BCUT2D eigenvalue weighted by molar-refractivity contribution is 8.26. The van der Waals surface area contributed by atoms with Crippen molar-refractivity contribution in [1.82, 2.24) is 10.0 Å². The van der Waals surface area contributed by atoms with Gasteiger partial charge in [-0.25, -0.2) is 10.0 Å². The van der Waals surface area contributed by atoms with Gasteiger partial charge < -0.3 is 14.8 Å². The number of carbonyl (C=O) groups is 6. The average Bonchev–Trinajstić information content (AvgIpc) is 4.01. The number of ketones is 1. The van der Waals surface area contributed by atoms with Crippen molar-refractivity contribution in [3.8, 4) is 11.5 Å². The summed E-state index contributed by atoms with van der Waals surface area (Å²) in [6.45, 7) is 9.59. The number of hydrogen-bond acceptors (Lipinski definition) is 12. The SMILES string of the molecule is CCCCC(CC)C(=O)Oc1c2c(c(OC(=O)C(CC)CCCC)c3c1SC(=C1C(=O)N(Cc4ccccc4)N(Cc4ccccc4)C1=O)S3)SC(=C(C(C)=O)C(=O)Nc1ccccc1)S2. The fourth-order valence-corrected chi connectivity index (χ4v) is 13.3. The second kappa shape index (κ2) is 22.5. The molecule has 0 aliphatic carbocycles. The van der Waals surface area contributed by atoms with E-state index in [2.05, 4.69) is 19.2 Å². The van der Waals surface area contributed by atoms with Crippen LogP contribution in [0.15, 0.2) is 130 Å². The van der Waals surface area contributed by atoms with Gasteiger partial charge in [0.15, 0.2) is 17.3 Å².